The zero-order valence-corrected chi connectivity index (χ0v) is 65.5. The molecule has 0 saturated carbocycles. The molecule has 0 bridgehead atoms. The second-order valence-corrected chi connectivity index (χ2v) is 32.9. The summed E-state index contributed by atoms with van der Waals surface area (Å²) in [7, 11) is -6.55. The average Bonchev–Trinajstić information content (AvgIpc) is 1.58. The van der Waals surface area contributed by atoms with Crippen molar-refractivity contribution >= 4 is 157 Å². The minimum Gasteiger partial charge on any atom is -0.445 e. The van der Waals surface area contributed by atoms with Gasteiger partial charge in [-0.3, -0.25) is 57.2 Å². The van der Waals surface area contributed by atoms with Crippen LogP contribution >= 0.6 is 42.4 Å². The topological polar surface area (TPSA) is 419 Å². The van der Waals surface area contributed by atoms with E-state index in [1.54, 1.807) is 89.2 Å². The third-order valence-corrected chi connectivity index (χ3v) is 21.7. The SMILES string of the molecule is CC(C)[C@H](NC(=O)C(CS(=O)(=O)OCC(C)(C)C)NC(=O)CCCCCN1C(=O)C=CC1=O)C(=O)N[C@@H](CCCNC(N)=O)C(=O)Nc1ccc(COC(=O)N(C)CCN(C)C(=O)Oc2cc3c(c4ccccc24)[C@H](CCl)CN3C(=O)c2ccc(C(=O)N3C[C@@H](CCl)c4c3cc(OP(=O)(O)O)c3ccccc43)s2)cc1. The van der Waals surface area contributed by atoms with Gasteiger partial charge in [0.25, 0.3) is 33.7 Å². The van der Waals surface area contributed by atoms with Gasteiger partial charge in [0.05, 0.1) is 27.7 Å². The zero-order chi connectivity index (χ0) is 80.1. The molecule has 0 spiro atoms. The summed E-state index contributed by atoms with van der Waals surface area (Å²) < 4.78 is 60.6. The fourth-order valence-electron chi connectivity index (χ4n) is 12.6. The third kappa shape index (κ3) is 21.9. The van der Waals surface area contributed by atoms with Gasteiger partial charge in [0.1, 0.15) is 42.0 Å². The molecule has 9 rings (SSSR count). The number of alkyl halides is 2. The third-order valence-electron chi connectivity index (χ3n) is 18.3. The highest BCUT2D eigenvalue weighted by atomic mass is 35.5. The van der Waals surface area contributed by atoms with E-state index in [4.69, 9.17) is 47.1 Å². The number of fused-ring (bicyclic) bond motifs is 6. The number of primary amides is 1. The van der Waals surface area contributed by atoms with Crippen molar-refractivity contribution in [3.05, 3.63) is 136 Å². The zero-order valence-electron chi connectivity index (χ0n) is 61.5. The molecule has 0 fully saturated rings. The minimum atomic E-state index is -5.02. The summed E-state index contributed by atoms with van der Waals surface area (Å²) in [6.07, 6.45) is 1.72. The molecule has 0 radical (unpaired) electrons. The van der Waals surface area contributed by atoms with Crippen molar-refractivity contribution < 1.29 is 93.7 Å². The number of nitrogens with one attached hydrogen (secondary N) is 5. The lowest BCUT2D eigenvalue weighted by molar-refractivity contribution is -0.137. The number of imide groups is 1. The Hall–Kier alpha value is -9.73. The number of benzene rings is 5. The molecule has 110 heavy (non-hydrogen) atoms. The minimum absolute atomic E-state index is 0.0137. The summed E-state index contributed by atoms with van der Waals surface area (Å²) in [4.78, 5) is 174. The normalized spacial score (nSPS) is 15.6. The molecule has 3 aliphatic rings. The number of ether oxygens (including phenoxy) is 2. The van der Waals surface area contributed by atoms with Gasteiger partial charge >= 0.3 is 26.0 Å². The van der Waals surface area contributed by atoms with E-state index in [1.165, 1.54) is 64.0 Å². The van der Waals surface area contributed by atoms with Crippen molar-refractivity contribution in [2.75, 3.05) is 92.6 Å². The summed E-state index contributed by atoms with van der Waals surface area (Å²) in [6.45, 7) is 8.30. The first-order valence-electron chi connectivity index (χ1n) is 35.3. The monoisotopic (exact) mass is 1620 g/mol. The van der Waals surface area contributed by atoms with Crippen molar-refractivity contribution in [3.8, 4) is 11.5 Å². The lowest BCUT2D eigenvalue weighted by atomic mass is 9.95. The number of anilines is 3. The van der Waals surface area contributed by atoms with Crippen LogP contribution in [0.5, 0.6) is 11.5 Å². The molecule has 4 heterocycles. The molecule has 36 heteroatoms. The molecule has 31 nitrogen and oxygen atoms in total. The first-order valence-corrected chi connectivity index (χ1v) is 40.3. The van der Waals surface area contributed by atoms with Gasteiger partial charge in [-0.2, -0.15) is 8.42 Å². The van der Waals surface area contributed by atoms with Crippen LogP contribution in [-0.4, -0.2) is 194 Å². The second kappa shape index (κ2) is 36.9. The molecular weight excluding hydrogens is 1530 g/mol. The Labute approximate surface area is 649 Å². The molecule has 6 aromatic rings. The van der Waals surface area contributed by atoms with E-state index in [-0.39, 0.29) is 129 Å². The Morgan fingerprint density at radius 2 is 1.24 bits per heavy atom. The summed E-state index contributed by atoms with van der Waals surface area (Å²) in [5.74, 6) is -7.26. The summed E-state index contributed by atoms with van der Waals surface area (Å²) >= 11 is 14.1. The lowest BCUT2D eigenvalue weighted by Gasteiger charge is -2.27. The van der Waals surface area contributed by atoms with E-state index in [1.807, 2.05) is 12.1 Å². The van der Waals surface area contributed by atoms with Crippen molar-refractivity contribution in [2.24, 2.45) is 17.1 Å². The fraction of sp³-hybridized carbons (Fsp3) is 0.419. The number of thiophene rings is 1. The van der Waals surface area contributed by atoms with Gasteiger partial charge in [-0.1, -0.05) is 102 Å². The van der Waals surface area contributed by atoms with Gasteiger partial charge < -0.3 is 65.9 Å². The number of rotatable bonds is 34. The van der Waals surface area contributed by atoms with Crippen LogP contribution in [-0.2, 0) is 59.0 Å². The van der Waals surface area contributed by atoms with Crippen LogP contribution in [0.1, 0.15) is 121 Å². The summed E-state index contributed by atoms with van der Waals surface area (Å²) in [5, 5.41) is 15.1. The van der Waals surface area contributed by atoms with Crippen LogP contribution in [0.2, 0.25) is 0 Å². The van der Waals surface area contributed by atoms with E-state index in [9.17, 15) is 75.5 Å². The standard InChI is InChI=1S/C74H88Cl2N11O20PS2/c1-43(2)65(82-67(92)53(41-110(102,103)105-42-74(3,4)5)80-60(88)21-9-8-14-31-85-61(89)28-29-62(85)90)68(93)81-52(20-15-30-78-71(77)96)66(91)79-47-24-22-44(23-25-47)40-104-72(97)83(6)32-33-84(7)73(98)106-56-34-54-63(50-18-12-10-16-48(50)56)45(36-75)38-86(54)69(94)58-26-27-59(109-58)70(95)87-39-46(37-76)64-51-19-13-11-17-49(51)57(35-55(64)87)107-108(99,100)101/h10-13,16-19,22-29,34-35,43,45-46,52-53,65H,8-9,14-15,20-21,30-33,36-42H2,1-7H3,(H,79,91)(H,80,88)(H,81,93)(H,82,92)(H3,77,78,96)(H2,99,100,101)/t45-,46-,52+,53?,65+/m1/s1. The number of halogens is 2. The molecule has 0 aliphatic carbocycles. The molecule has 3 aliphatic heterocycles. The van der Waals surface area contributed by atoms with E-state index in [0.717, 1.165) is 34.0 Å². The molecular formula is C74H88Cl2N11O20PS2. The first kappa shape index (κ1) is 84.3. The number of hydrogen-bond acceptors (Lipinski definition) is 19. The van der Waals surface area contributed by atoms with Crippen LogP contribution in [0.15, 0.2) is 109 Å². The number of nitrogens with two attached hydrogens (primary N) is 1. The molecule has 5 aromatic carbocycles. The van der Waals surface area contributed by atoms with Gasteiger partial charge in [0, 0.05) is 124 Å². The predicted octanol–water partition coefficient (Wildman–Crippen LogP) is 8.57. The van der Waals surface area contributed by atoms with Gasteiger partial charge in [-0.25, -0.2) is 18.9 Å². The number of urea groups is 1. The van der Waals surface area contributed by atoms with Crippen LogP contribution in [0, 0.1) is 11.3 Å². The number of phosphoric ester groups is 1. The van der Waals surface area contributed by atoms with Crippen LogP contribution in [0.25, 0.3) is 21.5 Å². The number of likely N-dealkylation sites (N-methyl/N-ethyl adjacent to an activating group) is 2. The number of phosphoric acid groups is 1. The Morgan fingerprint density at radius 1 is 0.691 bits per heavy atom. The van der Waals surface area contributed by atoms with Crippen LogP contribution in [0.4, 0.5) is 31.4 Å². The highest BCUT2D eigenvalue weighted by Gasteiger charge is 2.41. The number of carbonyl (C=O) groups excluding carboxylic acids is 11. The molecule has 5 atom stereocenters. The largest absolute Gasteiger partial charge is 0.524 e. The lowest BCUT2D eigenvalue weighted by Crippen LogP contribution is -2.59. The molecule has 12 amide bonds. The molecule has 1 unspecified atom stereocenters. The maximum absolute atomic E-state index is 14.7. The Morgan fingerprint density at radius 3 is 1.77 bits per heavy atom. The highest BCUT2D eigenvalue weighted by Crippen LogP contribution is 2.51. The maximum Gasteiger partial charge on any atom is 0.524 e. The van der Waals surface area contributed by atoms with Gasteiger partial charge in [0.2, 0.25) is 23.6 Å². The van der Waals surface area contributed by atoms with E-state index < -0.39 is 119 Å². The van der Waals surface area contributed by atoms with Crippen molar-refractivity contribution in [2.45, 2.75) is 110 Å². The van der Waals surface area contributed by atoms with E-state index >= 15 is 0 Å². The summed E-state index contributed by atoms with van der Waals surface area (Å²) in [6, 6.07) is 21.1. The first-order chi connectivity index (χ1) is 52.0. The summed E-state index contributed by atoms with van der Waals surface area (Å²) in [5.41, 5.74) is 7.66. The second-order valence-electron chi connectivity index (χ2n) is 28.3. The Kier molecular flexibility index (Phi) is 28.2. The highest BCUT2D eigenvalue weighted by molar-refractivity contribution is 7.86. The van der Waals surface area contributed by atoms with Crippen molar-refractivity contribution in [3.63, 3.8) is 0 Å². The van der Waals surface area contributed by atoms with Crippen molar-refractivity contribution in [1.29, 1.82) is 0 Å². The van der Waals surface area contributed by atoms with E-state index in [0.29, 0.717) is 56.9 Å². The van der Waals surface area contributed by atoms with Gasteiger partial charge in [-0.05, 0) is 88.7 Å². The molecule has 1 aromatic heterocycles. The molecule has 0 saturated heterocycles. The number of hydrogen-bond donors (Lipinski definition) is 8. The van der Waals surface area contributed by atoms with Gasteiger partial charge in [-0.15, -0.1) is 34.5 Å². The molecule has 590 valence electrons. The maximum atomic E-state index is 14.7. The van der Waals surface area contributed by atoms with Crippen molar-refractivity contribution in [1.82, 2.24) is 36.0 Å². The molecule has 9 N–H and O–H groups in total. The van der Waals surface area contributed by atoms with Gasteiger partial charge in [0.15, 0.2) is 0 Å². The average molecular weight is 1620 g/mol. The Bertz CT molecular complexity index is 4690. The number of carbonyl (C=O) groups is 11. The number of unbranched alkanes of at least 4 members (excludes halogenated alkanes) is 2. The quantitative estimate of drug-likeness (QED) is 0.00616. The smallest absolute Gasteiger partial charge is 0.445 e. The van der Waals surface area contributed by atoms with Crippen LogP contribution < -0.4 is 51.4 Å². The van der Waals surface area contributed by atoms with Crippen LogP contribution in [0.3, 0.4) is 0 Å². The predicted molar refractivity (Wildman–Crippen MR) is 413 cm³/mol. The Balaban J connectivity index is 0.788. The number of amides is 12. The van der Waals surface area contributed by atoms with E-state index in [2.05, 4.69) is 26.6 Å². The number of nitrogens with zero attached hydrogens (tertiary/aromatic N) is 5. The fourth-order valence-corrected chi connectivity index (χ4v) is 15.7.